The van der Waals surface area contributed by atoms with Crippen molar-refractivity contribution < 1.29 is 33.8 Å². The van der Waals surface area contributed by atoms with Crippen molar-refractivity contribution in [1.82, 2.24) is 0 Å². The maximum atomic E-state index is 12.8. The number of carbonyl (C=O) groups excluding carboxylic acids is 3. The number of benzene rings is 2. The molecule has 8 nitrogen and oxygen atoms in total. The Balaban J connectivity index is 1.71. The summed E-state index contributed by atoms with van der Waals surface area (Å²) in [7, 11) is 0. The van der Waals surface area contributed by atoms with Crippen LogP contribution in [0.1, 0.15) is 71.6 Å². The third-order valence-electron chi connectivity index (χ3n) is 6.34. The molecular formula is C28H30BrNO7. The summed E-state index contributed by atoms with van der Waals surface area (Å²) in [6, 6.07) is 7.19. The Kier molecular flexibility index (Phi) is 9.63. The summed E-state index contributed by atoms with van der Waals surface area (Å²) in [5, 5.41) is 11.7. The molecular weight excluding hydrogens is 542 g/mol. The van der Waals surface area contributed by atoms with Gasteiger partial charge in [0.15, 0.2) is 0 Å². The van der Waals surface area contributed by atoms with Crippen LogP contribution in [-0.2, 0) is 32.1 Å². The van der Waals surface area contributed by atoms with Crippen LogP contribution in [-0.4, -0.2) is 28.9 Å². The fraction of sp³-hybridized carbons (Fsp3) is 0.357. The Morgan fingerprint density at radius 3 is 2.46 bits per heavy atom. The monoisotopic (exact) mass is 571 g/mol. The minimum atomic E-state index is -0.875. The number of carboxylic acid groups (broad SMARTS) is 1. The number of rotatable bonds is 11. The van der Waals surface area contributed by atoms with Crippen LogP contribution < -0.4 is 10.1 Å². The molecule has 0 aliphatic carbocycles. The van der Waals surface area contributed by atoms with E-state index in [1.54, 1.807) is 12.1 Å². The van der Waals surface area contributed by atoms with Gasteiger partial charge in [0.2, 0.25) is 5.91 Å². The number of ether oxygens (including phenoxy) is 2. The average Bonchev–Trinajstić information content (AvgIpc) is 3.23. The summed E-state index contributed by atoms with van der Waals surface area (Å²) >= 11 is 3.34. The second-order valence-electron chi connectivity index (χ2n) is 9.02. The Morgan fingerprint density at radius 2 is 1.78 bits per heavy atom. The summed E-state index contributed by atoms with van der Waals surface area (Å²) in [5.74, 6) is -1.99. The van der Waals surface area contributed by atoms with Crippen molar-refractivity contribution in [2.45, 2.75) is 65.9 Å². The first-order chi connectivity index (χ1) is 17.6. The average molecular weight is 572 g/mol. The van der Waals surface area contributed by atoms with Crippen molar-refractivity contribution in [1.29, 1.82) is 0 Å². The molecule has 37 heavy (non-hydrogen) atoms. The van der Waals surface area contributed by atoms with Gasteiger partial charge in [0, 0.05) is 40.5 Å². The van der Waals surface area contributed by atoms with Crippen molar-refractivity contribution >= 4 is 45.4 Å². The van der Waals surface area contributed by atoms with Crippen molar-refractivity contribution in [3.05, 3.63) is 68.2 Å². The van der Waals surface area contributed by atoms with Gasteiger partial charge in [0.05, 0.1) is 0 Å². The zero-order chi connectivity index (χ0) is 27.1. The maximum Gasteiger partial charge on any atom is 0.342 e. The minimum absolute atomic E-state index is 0.00256. The number of nitrogens with one attached hydrogen (secondary N) is 1. The summed E-state index contributed by atoms with van der Waals surface area (Å²) in [6.07, 6.45) is 3.10. The number of anilines is 1. The summed E-state index contributed by atoms with van der Waals surface area (Å²) in [6.45, 7) is 5.77. The Labute approximate surface area is 224 Å². The highest BCUT2D eigenvalue weighted by molar-refractivity contribution is 9.10. The molecule has 0 radical (unpaired) electrons. The number of hydrogen-bond donors (Lipinski definition) is 2. The molecule has 0 saturated heterocycles. The molecule has 196 valence electrons. The van der Waals surface area contributed by atoms with Crippen molar-refractivity contribution in [3.8, 4) is 5.75 Å². The quantitative estimate of drug-likeness (QED) is 0.198. The van der Waals surface area contributed by atoms with Crippen LogP contribution in [0.2, 0.25) is 0 Å². The van der Waals surface area contributed by atoms with E-state index in [0.717, 1.165) is 21.2 Å². The van der Waals surface area contributed by atoms with E-state index in [9.17, 15) is 19.2 Å². The number of carbonyl (C=O) groups is 4. The van der Waals surface area contributed by atoms with Crippen molar-refractivity contribution in [2.24, 2.45) is 0 Å². The van der Waals surface area contributed by atoms with E-state index in [-0.39, 0.29) is 49.5 Å². The maximum absolute atomic E-state index is 12.8. The normalized spacial score (nSPS) is 12.6. The van der Waals surface area contributed by atoms with Gasteiger partial charge in [0.1, 0.15) is 17.9 Å². The number of esters is 2. The first-order valence-electron chi connectivity index (χ1n) is 12.0. The molecule has 0 spiro atoms. The summed E-state index contributed by atoms with van der Waals surface area (Å²) < 4.78 is 11.9. The van der Waals surface area contributed by atoms with Crippen LogP contribution >= 0.6 is 15.9 Å². The predicted molar refractivity (Wildman–Crippen MR) is 142 cm³/mol. The van der Waals surface area contributed by atoms with E-state index in [4.69, 9.17) is 14.6 Å². The van der Waals surface area contributed by atoms with Gasteiger partial charge >= 0.3 is 17.9 Å². The topological polar surface area (TPSA) is 119 Å². The minimum Gasteiger partial charge on any atom is -0.481 e. The molecule has 1 amide bonds. The highest BCUT2D eigenvalue weighted by Crippen LogP contribution is 2.39. The molecule has 2 aromatic rings. The van der Waals surface area contributed by atoms with Gasteiger partial charge in [0.25, 0.3) is 0 Å². The van der Waals surface area contributed by atoms with E-state index in [1.807, 2.05) is 39.0 Å². The molecule has 0 saturated carbocycles. The molecule has 3 rings (SSSR count). The smallest absolute Gasteiger partial charge is 0.342 e. The zero-order valence-corrected chi connectivity index (χ0v) is 22.7. The van der Waals surface area contributed by atoms with E-state index < -0.39 is 17.9 Å². The molecule has 1 aliphatic heterocycles. The van der Waals surface area contributed by atoms with Crippen LogP contribution in [0.15, 0.2) is 40.4 Å². The van der Waals surface area contributed by atoms with E-state index in [0.29, 0.717) is 29.7 Å². The first-order valence-corrected chi connectivity index (χ1v) is 12.8. The third kappa shape index (κ3) is 7.52. The highest BCUT2D eigenvalue weighted by atomic mass is 79.9. The second kappa shape index (κ2) is 12.7. The SMILES string of the molecule is C/C(=C\Cc1c(C)c(C)c2c(c1OC(=O)CCCC(=O)Nc1ccc(Br)cc1)C(=O)OC2)CCC(=O)O. The van der Waals surface area contributed by atoms with Gasteiger partial charge in [-0.2, -0.15) is 0 Å². The number of amides is 1. The largest absolute Gasteiger partial charge is 0.481 e. The van der Waals surface area contributed by atoms with Crippen LogP contribution in [0.3, 0.4) is 0 Å². The Hall–Kier alpha value is -3.46. The van der Waals surface area contributed by atoms with Gasteiger partial charge in [-0.3, -0.25) is 14.4 Å². The summed E-state index contributed by atoms with van der Waals surface area (Å²) in [5.41, 5.74) is 4.98. The van der Waals surface area contributed by atoms with Gasteiger partial charge in [-0.15, -0.1) is 0 Å². The van der Waals surface area contributed by atoms with Crippen molar-refractivity contribution in [2.75, 3.05) is 5.32 Å². The number of allylic oxidation sites excluding steroid dienone is 2. The number of carboxylic acids is 1. The molecule has 2 aromatic carbocycles. The molecule has 1 aliphatic rings. The molecule has 0 fully saturated rings. The number of aliphatic carboxylic acids is 1. The predicted octanol–water partition coefficient (Wildman–Crippen LogP) is 5.80. The number of halogens is 1. The van der Waals surface area contributed by atoms with Crippen molar-refractivity contribution in [3.63, 3.8) is 0 Å². The molecule has 0 unspecified atom stereocenters. The third-order valence-corrected chi connectivity index (χ3v) is 6.87. The number of hydrogen-bond acceptors (Lipinski definition) is 6. The molecule has 2 N–H and O–H groups in total. The van der Waals surface area contributed by atoms with Gasteiger partial charge < -0.3 is 19.9 Å². The lowest BCUT2D eigenvalue weighted by Gasteiger charge is -2.18. The fourth-order valence-corrected chi connectivity index (χ4v) is 4.32. The van der Waals surface area contributed by atoms with E-state index in [1.165, 1.54) is 0 Å². The lowest BCUT2D eigenvalue weighted by atomic mass is 9.91. The Bertz CT molecular complexity index is 1250. The fourth-order valence-electron chi connectivity index (χ4n) is 4.06. The van der Waals surface area contributed by atoms with E-state index in [2.05, 4.69) is 21.2 Å². The second-order valence-corrected chi connectivity index (χ2v) is 9.93. The van der Waals surface area contributed by atoms with Crippen LogP contribution in [0.4, 0.5) is 5.69 Å². The zero-order valence-electron chi connectivity index (χ0n) is 21.1. The highest BCUT2D eigenvalue weighted by Gasteiger charge is 2.32. The Morgan fingerprint density at radius 1 is 1.08 bits per heavy atom. The van der Waals surface area contributed by atoms with Crippen LogP contribution in [0, 0.1) is 13.8 Å². The lowest BCUT2D eigenvalue weighted by molar-refractivity contribution is -0.137. The lowest BCUT2D eigenvalue weighted by Crippen LogP contribution is -2.16. The molecule has 0 atom stereocenters. The van der Waals surface area contributed by atoms with Crippen LogP contribution in [0.5, 0.6) is 5.75 Å². The standard InChI is InChI=1S/C28H30BrNO7/c1-16(8-14-24(32)33)7-13-21-17(2)18(3)22-15-36-28(35)26(22)27(21)37-25(34)6-4-5-23(31)30-20-11-9-19(29)10-12-20/h7,9-12H,4-6,8,13-15H2,1-3H3,(H,30,31)(H,32,33)/b16-7+. The molecule has 1 heterocycles. The van der Waals surface area contributed by atoms with Crippen LogP contribution in [0.25, 0.3) is 0 Å². The van der Waals surface area contributed by atoms with E-state index >= 15 is 0 Å². The number of fused-ring (bicyclic) bond motifs is 1. The molecule has 0 bridgehead atoms. The summed E-state index contributed by atoms with van der Waals surface area (Å²) in [4.78, 5) is 48.4. The van der Waals surface area contributed by atoms with Gasteiger partial charge in [-0.25, -0.2) is 4.79 Å². The molecule has 9 heteroatoms. The van der Waals surface area contributed by atoms with Gasteiger partial charge in [-0.1, -0.05) is 27.6 Å². The first kappa shape index (κ1) is 28.1. The molecule has 0 aromatic heterocycles. The van der Waals surface area contributed by atoms with Gasteiger partial charge in [-0.05, 0) is 75.4 Å². The number of cyclic esters (lactones) is 1.